The number of hydrogen-bond acceptors (Lipinski definition) is 3. The molecule has 0 fully saturated rings. The molecule has 0 saturated heterocycles. The van der Waals surface area contributed by atoms with Crippen molar-refractivity contribution in [3.8, 4) is 11.4 Å². The fraction of sp³-hybridized carbons (Fsp3) is 0.0909. The number of anilines is 1. The summed E-state index contributed by atoms with van der Waals surface area (Å²) in [6.45, 7) is 1.86. The molecule has 2 rings (SSSR count). The molecule has 88 valence electrons. The SMILES string of the molecule is Cc1nc(-c2ccc(F)c(Br)c2)nc(N)c1I. The molecule has 2 aromatic rings. The first-order valence-electron chi connectivity index (χ1n) is 4.74. The van der Waals surface area contributed by atoms with E-state index in [1.54, 1.807) is 12.1 Å². The molecule has 0 amide bonds. The zero-order valence-corrected chi connectivity index (χ0v) is 12.6. The predicted molar refractivity (Wildman–Crippen MR) is 77.0 cm³/mol. The van der Waals surface area contributed by atoms with Crippen molar-refractivity contribution < 1.29 is 4.39 Å². The first-order chi connectivity index (χ1) is 7.99. The first-order valence-corrected chi connectivity index (χ1v) is 6.61. The molecule has 6 heteroatoms. The number of halogens is 3. The minimum absolute atomic E-state index is 0.316. The zero-order valence-electron chi connectivity index (χ0n) is 8.84. The summed E-state index contributed by atoms with van der Waals surface area (Å²) in [5, 5.41) is 0. The second-order valence-electron chi connectivity index (χ2n) is 3.46. The van der Waals surface area contributed by atoms with Gasteiger partial charge >= 0.3 is 0 Å². The molecule has 0 aliphatic heterocycles. The molecule has 1 aromatic heterocycles. The van der Waals surface area contributed by atoms with Gasteiger partial charge in [0.25, 0.3) is 0 Å². The van der Waals surface area contributed by atoms with Gasteiger partial charge in [-0.2, -0.15) is 0 Å². The van der Waals surface area contributed by atoms with Crippen molar-refractivity contribution in [2.75, 3.05) is 5.73 Å². The maximum Gasteiger partial charge on any atom is 0.161 e. The number of aryl methyl sites for hydroxylation is 1. The van der Waals surface area contributed by atoms with Gasteiger partial charge in [-0.3, -0.25) is 0 Å². The Bertz CT molecular complexity index is 566. The van der Waals surface area contributed by atoms with Crippen molar-refractivity contribution in [3.63, 3.8) is 0 Å². The van der Waals surface area contributed by atoms with E-state index in [1.165, 1.54) is 6.07 Å². The highest BCUT2D eigenvalue weighted by Gasteiger charge is 2.09. The Morgan fingerprint density at radius 2 is 2.06 bits per heavy atom. The molecule has 2 N–H and O–H groups in total. The average Bonchev–Trinajstić information content (AvgIpc) is 2.29. The normalized spacial score (nSPS) is 10.6. The van der Waals surface area contributed by atoms with Crippen LogP contribution in [0.4, 0.5) is 10.2 Å². The fourth-order valence-corrected chi connectivity index (χ4v) is 1.97. The molecule has 1 aromatic carbocycles. The van der Waals surface area contributed by atoms with Gasteiger partial charge in [-0.05, 0) is 63.6 Å². The lowest BCUT2D eigenvalue weighted by atomic mass is 10.2. The molecular weight excluding hydrogens is 400 g/mol. The van der Waals surface area contributed by atoms with E-state index in [-0.39, 0.29) is 5.82 Å². The van der Waals surface area contributed by atoms with Gasteiger partial charge < -0.3 is 5.73 Å². The Balaban J connectivity index is 2.57. The summed E-state index contributed by atoms with van der Waals surface area (Å²) in [5.41, 5.74) is 7.32. The van der Waals surface area contributed by atoms with Crippen LogP contribution in [0.15, 0.2) is 22.7 Å². The summed E-state index contributed by atoms with van der Waals surface area (Å²) in [5.74, 6) is 0.624. The second kappa shape index (κ2) is 4.85. The maximum absolute atomic E-state index is 13.1. The van der Waals surface area contributed by atoms with Crippen LogP contribution in [-0.2, 0) is 0 Å². The van der Waals surface area contributed by atoms with Crippen molar-refractivity contribution >= 4 is 44.3 Å². The van der Waals surface area contributed by atoms with Gasteiger partial charge in [-0.1, -0.05) is 0 Å². The topological polar surface area (TPSA) is 51.8 Å². The Hall–Kier alpha value is -0.760. The van der Waals surface area contributed by atoms with Crippen molar-refractivity contribution in [1.82, 2.24) is 9.97 Å². The van der Waals surface area contributed by atoms with E-state index in [9.17, 15) is 4.39 Å². The van der Waals surface area contributed by atoms with E-state index in [4.69, 9.17) is 5.73 Å². The van der Waals surface area contributed by atoms with E-state index < -0.39 is 0 Å². The number of nitrogens with zero attached hydrogens (tertiary/aromatic N) is 2. The molecule has 0 aliphatic carbocycles. The molecule has 3 nitrogen and oxygen atoms in total. The van der Waals surface area contributed by atoms with Crippen LogP contribution in [0.25, 0.3) is 11.4 Å². The van der Waals surface area contributed by atoms with Gasteiger partial charge in [-0.25, -0.2) is 14.4 Å². The van der Waals surface area contributed by atoms with Crippen molar-refractivity contribution in [2.45, 2.75) is 6.92 Å². The Morgan fingerprint density at radius 1 is 1.35 bits per heavy atom. The van der Waals surface area contributed by atoms with Crippen LogP contribution in [0.5, 0.6) is 0 Å². The summed E-state index contributed by atoms with van der Waals surface area (Å²) < 4.78 is 14.3. The number of aromatic nitrogens is 2. The van der Waals surface area contributed by atoms with Crippen LogP contribution < -0.4 is 5.73 Å². The van der Waals surface area contributed by atoms with E-state index in [0.717, 1.165) is 14.8 Å². The molecule has 0 radical (unpaired) electrons. The standard InChI is InChI=1S/C11H8BrFIN3/c1-5-9(14)10(15)17-11(16-5)6-2-3-8(13)7(12)4-6/h2-4H,1H3,(H2,15,16,17). The van der Waals surface area contributed by atoms with Gasteiger partial charge in [-0.15, -0.1) is 0 Å². The van der Waals surface area contributed by atoms with Crippen molar-refractivity contribution in [1.29, 1.82) is 0 Å². The van der Waals surface area contributed by atoms with E-state index in [0.29, 0.717) is 16.1 Å². The van der Waals surface area contributed by atoms with Gasteiger partial charge in [0.2, 0.25) is 0 Å². The average molecular weight is 408 g/mol. The fourth-order valence-electron chi connectivity index (χ4n) is 1.35. The highest BCUT2D eigenvalue weighted by Crippen LogP contribution is 2.25. The van der Waals surface area contributed by atoms with Crippen LogP contribution in [0, 0.1) is 16.3 Å². The van der Waals surface area contributed by atoms with Gasteiger partial charge in [0.05, 0.1) is 13.7 Å². The van der Waals surface area contributed by atoms with Crippen molar-refractivity contribution in [2.24, 2.45) is 0 Å². The molecule has 0 atom stereocenters. The molecule has 0 aliphatic rings. The van der Waals surface area contributed by atoms with Crippen LogP contribution >= 0.6 is 38.5 Å². The minimum atomic E-state index is -0.316. The van der Waals surface area contributed by atoms with Crippen LogP contribution in [0.3, 0.4) is 0 Å². The maximum atomic E-state index is 13.1. The summed E-state index contributed by atoms with van der Waals surface area (Å²) in [6.07, 6.45) is 0. The van der Waals surface area contributed by atoms with Crippen molar-refractivity contribution in [3.05, 3.63) is 37.8 Å². The summed E-state index contributed by atoms with van der Waals surface area (Å²) in [6, 6.07) is 4.63. The number of rotatable bonds is 1. The molecule has 1 heterocycles. The third-order valence-corrected chi connectivity index (χ3v) is 4.16. The quantitative estimate of drug-likeness (QED) is 0.735. The number of hydrogen-bond donors (Lipinski definition) is 1. The molecule has 0 saturated carbocycles. The Labute approximate surface area is 120 Å². The number of nitrogens with two attached hydrogens (primary N) is 1. The van der Waals surface area contributed by atoms with Gasteiger partial charge in [0.1, 0.15) is 11.6 Å². The lowest BCUT2D eigenvalue weighted by Crippen LogP contribution is -2.02. The second-order valence-corrected chi connectivity index (χ2v) is 5.39. The third-order valence-electron chi connectivity index (χ3n) is 2.22. The minimum Gasteiger partial charge on any atom is -0.383 e. The highest BCUT2D eigenvalue weighted by molar-refractivity contribution is 14.1. The Morgan fingerprint density at radius 3 is 2.65 bits per heavy atom. The molecular formula is C11H8BrFIN3. The van der Waals surface area contributed by atoms with E-state index >= 15 is 0 Å². The molecule has 17 heavy (non-hydrogen) atoms. The molecule has 0 bridgehead atoms. The van der Waals surface area contributed by atoms with Gasteiger partial charge in [0.15, 0.2) is 5.82 Å². The van der Waals surface area contributed by atoms with Crippen LogP contribution in [0.1, 0.15) is 5.69 Å². The summed E-state index contributed by atoms with van der Waals surface area (Å²) in [4.78, 5) is 8.52. The lowest BCUT2D eigenvalue weighted by Gasteiger charge is -2.06. The van der Waals surface area contributed by atoms with Gasteiger partial charge in [0, 0.05) is 5.56 Å². The molecule has 0 unspecified atom stereocenters. The smallest absolute Gasteiger partial charge is 0.161 e. The Kier molecular flexibility index (Phi) is 3.62. The first kappa shape index (κ1) is 12.7. The monoisotopic (exact) mass is 407 g/mol. The summed E-state index contributed by atoms with van der Waals surface area (Å²) >= 11 is 5.23. The number of nitrogen functional groups attached to an aromatic ring is 1. The van der Waals surface area contributed by atoms with E-state index in [2.05, 4.69) is 48.5 Å². The number of benzene rings is 1. The lowest BCUT2D eigenvalue weighted by molar-refractivity contribution is 0.621. The molecule has 0 spiro atoms. The third kappa shape index (κ3) is 2.57. The largest absolute Gasteiger partial charge is 0.383 e. The highest BCUT2D eigenvalue weighted by atomic mass is 127. The van der Waals surface area contributed by atoms with Crippen LogP contribution in [0.2, 0.25) is 0 Å². The predicted octanol–water partition coefficient (Wildman–Crippen LogP) is 3.54. The van der Waals surface area contributed by atoms with Crippen LogP contribution in [-0.4, -0.2) is 9.97 Å². The zero-order chi connectivity index (χ0) is 12.6. The summed E-state index contributed by atoms with van der Waals surface area (Å²) in [7, 11) is 0. The van der Waals surface area contributed by atoms with E-state index in [1.807, 2.05) is 6.92 Å².